The van der Waals surface area contributed by atoms with Crippen LogP contribution in [0.15, 0.2) is 0 Å². The number of aliphatic hydroxyl groups is 1. The summed E-state index contributed by atoms with van der Waals surface area (Å²) >= 11 is 0. The minimum atomic E-state index is -0.0974. The first-order chi connectivity index (χ1) is 5.67. The molecule has 0 aromatic carbocycles. The molecule has 3 heteroatoms. The van der Waals surface area contributed by atoms with Gasteiger partial charge in [0.25, 0.3) is 0 Å². The largest absolute Gasteiger partial charge is 0.376 e. The number of nitrogens with zero attached hydrogens (tertiary/aromatic N) is 1. The molecule has 0 heterocycles. The Hall–Kier alpha value is -0.250. The van der Waals surface area contributed by atoms with E-state index < -0.39 is 0 Å². The van der Waals surface area contributed by atoms with E-state index in [0.29, 0.717) is 5.78 Å². The van der Waals surface area contributed by atoms with Crippen LogP contribution >= 0.6 is 7.92 Å². The van der Waals surface area contributed by atoms with Crippen LogP contribution in [-0.4, -0.2) is 35.8 Å². The van der Waals surface area contributed by atoms with Crippen LogP contribution in [0.5, 0.6) is 0 Å². The van der Waals surface area contributed by atoms with Gasteiger partial charge in [-0.1, -0.05) is 27.7 Å². The molecule has 0 saturated carbocycles. The van der Waals surface area contributed by atoms with Crippen LogP contribution in [0.25, 0.3) is 0 Å². The Bertz CT molecular complexity index is 153. The van der Waals surface area contributed by atoms with Crippen LogP contribution in [0.4, 0.5) is 0 Å². The second kappa shape index (κ2) is 6.29. The molecule has 1 unspecified atom stereocenters. The van der Waals surface area contributed by atoms with Gasteiger partial charge in [-0.25, -0.2) is 0 Å². The molecule has 0 aromatic heterocycles. The highest BCUT2D eigenvalue weighted by Gasteiger charge is 2.17. The molecule has 70 valence electrons. The third kappa shape index (κ3) is 3.43. The molecule has 0 aliphatic carbocycles. The molecule has 0 aliphatic heterocycles. The highest BCUT2D eigenvalue weighted by atomic mass is 31.1. The standard InChI is InChI=1S/C9H18NOP/c1-5-7-9(12(3)4)10(6-2)8-11/h2,9,11H,5,7-8H2,1,3-4H3. The van der Waals surface area contributed by atoms with Gasteiger partial charge in [-0.3, -0.25) is 0 Å². The van der Waals surface area contributed by atoms with Crippen LogP contribution in [0.1, 0.15) is 19.8 Å². The van der Waals surface area contributed by atoms with E-state index in [0.717, 1.165) is 12.8 Å². The zero-order valence-electron chi connectivity index (χ0n) is 8.12. The smallest absolute Gasteiger partial charge is 0.123 e. The van der Waals surface area contributed by atoms with Gasteiger partial charge >= 0.3 is 0 Å². The van der Waals surface area contributed by atoms with Crippen LogP contribution in [0.2, 0.25) is 0 Å². The summed E-state index contributed by atoms with van der Waals surface area (Å²) in [6.07, 6.45) is 7.47. The Balaban J connectivity index is 4.17. The van der Waals surface area contributed by atoms with E-state index in [1.54, 1.807) is 4.90 Å². The molecule has 1 atom stereocenters. The molecule has 0 bridgehead atoms. The molecule has 0 spiro atoms. The van der Waals surface area contributed by atoms with Gasteiger partial charge in [0.1, 0.15) is 6.73 Å². The number of aliphatic hydroxyl groups excluding tert-OH is 1. The number of hydrogen-bond acceptors (Lipinski definition) is 2. The van der Waals surface area contributed by atoms with Crippen molar-refractivity contribution in [2.75, 3.05) is 20.1 Å². The molecule has 0 fully saturated rings. The zero-order valence-corrected chi connectivity index (χ0v) is 9.01. The number of rotatable bonds is 5. The van der Waals surface area contributed by atoms with Gasteiger partial charge in [0, 0.05) is 6.04 Å². The maximum atomic E-state index is 8.97. The third-order valence-corrected chi connectivity index (χ3v) is 3.55. The summed E-state index contributed by atoms with van der Waals surface area (Å²) in [6, 6.07) is 2.52. The Kier molecular flexibility index (Phi) is 6.16. The van der Waals surface area contributed by atoms with Gasteiger partial charge in [-0.15, -0.1) is 0 Å². The number of terminal acetylenes is 1. The van der Waals surface area contributed by atoms with E-state index in [9.17, 15) is 0 Å². The lowest BCUT2D eigenvalue weighted by atomic mass is 10.3. The van der Waals surface area contributed by atoms with Crippen LogP contribution in [-0.2, 0) is 0 Å². The van der Waals surface area contributed by atoms with Crippen molar-refractivity contribution >= 4 is 7.92 Å². The summed E-state index contributed by atoms with van der Waals surface area (Å²) in [5, 5.41) is 8.97. The summed E-state index contributed by atoms with van der Waals surface area (Å²) < 4.78 is 0. The van der Waals surface area contributed by atoms with Crippen molar-refractivity contribution in [2.24, 2.45) is 0 Å². The second-order valence-electron chi connectivity index (χ2n) is 2.97. The first-order valence-corrected chi connectivity index (χ1v) is 6.48. The molecule has 0 aliphatic rings. The first-order valence-electron chi connectivity index (χ1n) is 4.17. The Morgan fingerprint density at radius 2 is 2.17 bits per heavy atom. The monoisotopic (exact) mass is 187 g/mol. The average Bonchev–Trinajstić information content (AvgIpc) is 2.05. The molecule has 0 radical (unpaired) electrons. The molecule has 2 nitrogen and oxygen atoms in total. The molecular weight excluding hydrogens is 169 g/mol. The van der Waals surface area contributed by atoms with Crippen LogP contribution in [0, 0.1) is 12.5 Å². The zero-order chi connectivity index (χ0) is 9.56. The maximum absolute atomic E-state index is 8.97. The molecule has 1 N–H and O–H groups in total. The van der Waals surface area contributed by atoms with Crippen molar-refractivity contribution in [3.63, 3.8) is 0 Å². The van der Waals surface area contributed by atoms with Crippen molar-refractivity contribution in [1.29, 1.82) is 0 Å². The van der Waals surface area contributed by atoms with Gasteiger partial charge in [0.2, 0.25) is 0 Å². The summed E-state index contributed by atoms with van der Waals surface area (Å²) in [4.78, 5) is 1.69. The van der Waals surface area contributed by atoms with E-state index in [4.69, 9.17) is 11.5 Å². The minimum absolute atomic E-state index is 0.0261. The lowest BCUT2D eigenvalue weighted by molar-refractivity contribution is 0.147. The predicted molar refractivity (Wildman–Crippen MR) is 55.2 cm³/mol. The van der Waals surface area contributed by atoms with E-state index in [1.807, 2.05) is 0 Å². The van der Waals surface area contributed by atoms with Crippen LogP contribution in [0.3, 0.4) is 0 Å². The topological polar surface area (TPSA) is 23.5 Å². The fourth-order valence-corrected chi connectivity index (χ4v) is 2.64. The van der Waals surface area contributed by atoms with Crippen molar-refractivity contribution in [1.82, 2.24) is 4.90 Å². The quantitative estimate of drug-likeness (QED) is 0.306. The van der Waals surface area contributed by atoms with E-state index in [2.05, 4.69) is 26.3 Å². The van der Waals surface area contributed by atoms with Gasteiger partial charge in [0.05, 0.1) is 5.78 Å². The summed E-state index contributed by atoms with van der Waals surface area (Å²) in [5.74, 6) is 0.375. The fraction of sp³-hybridized carbons (Fsp3) is 0.778. The highest BCUT2D eigenvalue weighted by molar-refractivity contribution is 7.56. The fourth-order valence-electron chi connectivity index (χ4n) is 1.17. The summed E-state index contributed by atoms with van der Waals surface area (Å²) in [6.45, 7) is 6.49. The third-order valence-electron chi connectivity index (χ3n) is 1.82. The van der Waals surface area contributed by atoms with E-state index >= 15 is 0 Å². The molecule has 0 saturated heterocycles. The Morgan fingerprint density at radius 3 is 2.42 bits per heavy atom. The van der Waals surface area contributed by atoms with E-state index in [1.165, 1.54) is 0 Å². The first kappa shape index (κ1) is 11.8. The summed E-state index contributed by atoms with van der Waals surface area (Å²) in [7, 11) is -0.0974. The molecule has 0 rings (SSSR count). The molecule has 0 amide bonds. The van der Waals surface area contributed by atoms with Gasteiger partial charge < -0.3 is 10.0 Å². The average molecular weight is 187 g/mol. The lowest BCUT2D eigenvalue weighted by Gasteiger charge is -2.29. The SMILES string of the molecule is C#CN(CO)C(CCC)P(C)C. The predicted octanol–water partition coefficient (Wildman–Crippen LogP) is 1.70. The number of hydrogen-bond donors (Lipinski definition) is 1. The summed E-state index contributed by atoms with van der Waals surface area (Å²) in [5.41, 5.74) is 0. The molecular formula is C9H18NOP. The van der Waals surface area contributed by atoms with Crippen molar-refractivity contribution in [3.8, 4) is 12.5 Å². The maximum Gasteiger partial charge on any atom is 0.123 e. The molecule has 0 aromatic rings. The highest BCUT2D eigenvalue weighted by Crippen LogP contribution is 2.36. The van der Waals surface area contributed by atoms with Crippen molar-refractivity contribution < 1.29 is 5.11 Å². The molecule has 12 heavy (non-hydrogen) atoms. The van der Waals surface area contributed by atoms with Crippen molar-refractivity contribution in [2.45, 2.75) is 25.5 Å². The Morgan fingerprint density at radius 1 is 1.58 bits per heavy atom. The lowest BCUT2D eigenvalue weighted by Crippen LogP contribution is -2.30. The van der Waals surface area contributed by atoms with Crippen molar-refractivity contribution in [3.05, 3.63) is 0 Å². The Labute approximate surface area is 76.7 Å². The second-order valence-corrected chi connectivity index (χ2v) is 5.50. The van der Waals surface area contributed by atoms with Gasteiger partial charge in [0.15, 0.2) is 0 Å². The van der Waals surface area contributed by atoms with E-state index in [-0.39, 0.29) is 14.7 Å². The normalized spacial score (nSPS) is 12.7. The van der Waals surface area contributed by atoms with Crippen LogP contribution < -0.4 is 0 Å². The minimum Gasteiger partial charge on any atom is -0.376 e. The van der Waals surface area contributed by atoms with Gasteiger partial charge in [-0.05, 0) is 19.8 Å². The van der Waals surface area contributed by atoms with Gasteiger partial charge in [-0.2, -0.15) is 0 Å².